The van der Waals surface area contributed by atoms with E-state index < -0.39 is 17.7 Å². The van der Waals surface area contributed by atoms with Crippen molar-refractivity contribution in [1.82, 2.24) is 0 Å². The molecule has 3 aromatic carbocycles. The second kappa shape index (κ2) is 5.95. The topological polar surface area (TPSA) is 18.5 Å². The maximum atomic E-state index is 13.7. The highest BCUT2D eigenvalue weighted by molar-refractivity contribution is 5.59. The first-order valence-electron chi connectivity index (χ1n) is 8.90. The predicted molar refractivity (Wildman–Crippen MR) is 95.0 cm³/mol. The van der Waals surface area contributed by atoms with Crippen LogP contribution in [-0.2, 0) is 18.8 Å². The minimum absolute atomic E-state index is 0.00455. The third-order valence-electron chi connectivity index (χ3n) is 5.20. The van der Waals surface area contributed by atoms with E-state index in [4.69, 9.17) is 9.47 Å². The number of alkyl halides is 5. The van der Waals surface area contributed by atoms with E-state index in [9.17, 15) is 22.0 Å². The van der Waals surface area contributed by atoms with E-state index in [-0.39, 0.29) is 5.75 Å². The van der Waals surface area contributed by atoms with Gasteiger partial charge in [-0.25, -0.2) is 0 Å². The van der Waals surface area contributed by atoms with Crippen LogP contribution in [0.15, 0.2) is 54.6 Å². The molecule has 0 saturated heterocycles. The van der Waals surface area contributed by atoms with Crippen LogP contribution in [0, 0.1) is 0 Å². The summed E-state index contributed by atoms with van der Waals surface area (Å²) < 4.78 is 77.1. The molecule has 148 valence electrons. The van der Waals surface area contributed by atoms with Gasteiger partial charge in [0.1, 0.15) is 23.0 Å². The van der Waals surface area contributed by atoms with Crippen molar-refractivity contribution in [2.75, 3.05) is 0 Å². The van der Waals surface area contributed by atoms with Crippen molar-refractivity contribution in [2.24, 2.45) is 0 Å². The van der Waals surface area contributed by atoms with E-state index in [1.807, 2.05) is 30.3 Å². The third kappa shape index (κ3) is 2.84. The first-order chi connectivity index (χ1) is 13.7. The molecule has 0 aliphatic carbocycles. The zero-order chi connectivity index (χ0) is 20.4. The second-order valence-corrected chi connectivity index (χ2v) is 7.13. The van der Waals surface area contributed by atoms with E-state index in [1.165, 1.54) is 6.07 Å². The van der Waals surface area contributed by atoms with Crippen LogP contribution in [-0.4, -0.2) is 6.18 Å². The summed E-state index contributed by atoms with van der Waals surface area (Å²) in [6, 6.07) is 14.0. The second-order valence-electron chi connectivity index (χ2n) is 7.13. The first-order valence-corrected chi connectivity index (χ1v) is 8.90. The van der Waals surface area contributed by atoms with Crippen molar-refractivity contribution in [3.63, 3.8) is 0 Å². The molecular formula is C22H13F5O2. The molecule has 5 rings (SSSR count). The summed E-state index contributed by atoms with van der Waals surface area (Å²) in [5.74, 6) is -3.25. The minimum Gasteiger partial charge on any atom is -0.457 e. The van der Waals surface area contributed by atoms with Gasteiger partial charge in [-0.3, -0.25) is 0 Å². The Hall–Kier alpha value is -3.09. The highest BCUT2D eigenvalue weighted by atomic mass is 19.4. The molecule has 2 aliphatic heterocycles. The molecule has 0 aromatic heterocycles. The Kier molecular flexibility index (Phi) is 3.69. The van der Waals surface area contributed by atoms with Crippen LogP contribution in [0.4, 0.5) is 22.0 Å². The van der Waals surface area contributed by atoms with Gasteiger partial charge >= 0.3 is 12.1 Å². The summed E-state index contributed by atoms with van der Waals surface area (Å²) in [6.07, 6.45) is -4.62. The quantitative estimate of drug-likeness (QED) is 0.288. The standard InChI is InChI=1S/C22H13F5O2/c23-21(24,22(25,26)27)16-6-5-13-8-15-9-14-7-12-3-1-2-4-17(12)28-19(14)11-20(15)29-18(13)10-16/h1-6,9-11H,7-8H2. The molecule has 0 bridgehead atoms. The maximum Gasteiger partial charge on any atom is 0.458 e. The van der Waals surface area contributed by atoms with Gasteiger partial charge in [0.15, 0.2) is 0 Å². The van der Waals surface area contributed by atoms with E-state index >= 15 is 0 Å². The molecule has 0 saturated carbocycles. The highest BCUT2D eigenvalue weighted by Crippen LogP contribution is 2.48. The number of rotatable bonds is 1. The van der Waals surface area contributed by atoms with E-state index in [2.05, 4.69) is 0 Å². The van der Waals surface area contributed by atoms with Gasteiger partial charge in [0.2, 0.25) is 0 Å². The number of ether oxygens (including phenoxy) is 2. The average molecular weight is 404 g/mol. The zero-order valence-corrected chi connectivity index (χ0v) is 14.8. The molecule has 0 unspecified atom stereocenters. The van der Waals surface area contributed by atoms with Crippen LogP contribution in [0.5, 0.6) is 23.0 Å². The summed E-state index contributed by atoms with van der Waals surface area (Å²) in [4.78, 5) is 0. The summed E-state index contributed by atoms with van der Waals surface area (Å²) in [7, 11) is 0. The fraction of sp³-hybridized carbons (Fsp3) is 0.182. The van der Waals surface area contributed by atoms with Crippen LogP contribution in [0.1, 0.15) is 27.8 Å². The molecule has 0 radical (unpaired) electrons. The lowest BCUT2D eigenvalue weighted by Crippen LogP contribution is -2.33. The van der Waals surface area contributed by atoms with Gasteiger partial charge in [-0.15, -0.1) is 0 Å². The summed E-state index contributed by atoms with van der Waals surface area (Å²) in [6.45, 7) is 0. The van der Waals surface area contributed by atoms with Crippen LogP contribution in [0.2, 0.25) is 0 Å². The molecule has 29 heavy (non-hydrogen) atoms. The van der Waals surface area contributed by atoms with Crippen molar-refractivity contribution in [2.45, 2.75) is 24.9 Å². The van der Waals surface area contributed by atoms with E-state index in [0.717, 1.165) is 34.6 Å². The van der Waals surface area contributed by atoms with Crippen molar-refractivity contribution in [1.29, 1.82) is 0 Å². The molecule has 2 aliphatic rings. The van der Waals surface area contributed by atoms with E-state index in [0.29, 0.717) is 29.9 Å². The smallest absolute Gasteiger partial charge is 0.457 e. The molecular weight excluding hydrogens is 391 g/mol. The Morgan fingerprint density at radius 2 is 1.17 bits per heavy atom. The van der Waals surface area contributed by atoms with Crippen LogP contribution < -0.4 is 9.47 Å². The number of halogens is 5. The lowest BCUT2D eigenvalue weighted by Gasteiger charge is -2.27. The minimum atomic E-state index is -5.67. The number of benzene rings is 3. The largest absolute Gasteiger partial charge is 0.458 e. The zero-order valence-electron chi connectivity index (χ0n) is 14.8. The lowest BCUT2D eigenvalue weighted by atomic mass is 9.93. The Morgan fingerprint density at radius 1 is 0.586 bits per heavy atom. The van der Waals surface area contributed by atoms with Crippen LogP contribution >= 0.6 is 0 Å². The monoisotopic (exact) mass is 404 g/mol. The SMILES string of the molecule is FC(F)(F)C(F)(F)c1ccc2c(c1)Oc1cc3c(cc1C2)Cc1ccccc1O3. The fourth-order valence-corrected chi connectivity index (χ4v) is 3.67. The van der Waals surface area contributed by atoms with Gasteiger partial charge in [-0.05, 0) is 40.5 Å². The van der Waals surface area contributed by atoms with Gasteiger partial charge in [0.25, 0.3) is 0 Å². The molecule has 2 nitrogen and oxygen atoms in total. The van der Waals surface area contributed by atoms with Gasteiger partial charge in [-0.1, -0.05) is 30.3 Å². The molecule has 2 heterocycles. The Bertz CT molecular complexity index is 1130. The van der Waals surface area contributed by atoms with Crippen molar-refractivity contribution < 1.29 is 31.4 Å². The van der Waals surface area contributed by atoms with Gasteiger partial charge in [0, 0.05) is 24.5 Å². The molecule has 0 fully saturated rings. The predicted octanol–water partition coefficient (Wildman–Crippen LogP) is 6.73. The van der Waals surface area contributed by atoms with Crippen molar-refractivity contribution in [3.8, 4) is 23.0 Å². The van der Waals surface area contributed by atoms with Crippen molar-refractivity contribution in [3.05, 3.63) is 82.4 Å². The summed E-state index contributed by atoms with van der Waals surface area (Å²) in [5.41, 5.74) is 2.26. The number of hydrogen-bond donors (Lipinski definition) is 0. The first kappa shape index (κ1) is 18.0. The fourth-order valence-electron chi connectivity index (χ4n) is 3.67. The highest BCUT2D eigenvalue weighted by Gasteiger charge is 2.58. The lowest BCUT2D eigenvalue weighted by molar-refractivity contribution is -0.289. The molecule has 0 spiro atoms. The number of fused-ring (bicyclic) bond motifs is 4. The number of para-hydroxylation sites is 1. The van der Waals surface area contributed by atoms with Crippen LogP contribution in [0.25, 0.3) is 0 Å². The summed E-state index contributed by atoms with van der Waals surface area (Å²) >= 11 is 0. The third-order valence-corrected chi connectivity index (χ3v) is 5.20. The van der Waals surface area contributed by atoms with Crippen LogP contribution in [0.3, 0.4) is 0 Å². The Balaban J connectivity index is 1.50. The van der Waals surface area contributed by atoms with Gasteiger partial charge < -0.3 is 9.47 Å². The van der Waals surface area contributed by atoms with Gasteiger partial charge in [-0.2, -0.15) is 22.0 Å². The Morgan fingerprint density at radius 3 is 1.86 bits per heavy atom. The molecule has 0 N–H and O–H groups in total. The average Bonchev–Trinajstić information content (AvgIpc) is 2.67. The van der Waals surface area contributed by atoms with Crippen molar-refractivity contribution >= 4 is 0 Å². The Labute approximate surface area is 162 Å². The number of hydrogen-bond acceptors (Lipinski definition) is 2. The molecule has 0 amide bonds. The molecule has 3 aromatic rings. The normalized spacial score (nSPS) is 14.7. The van der Waals surface area contributed by atoms with Gasteiger partial charge in [0.05, 0.1) is 0 Å². The molecule has 7 heteroatoms. The van der Waals surface area contributed by atoms with E-state index in [1.54, 1.807) is 6.07 Å². The summed E-state index contributed by atoms with van der Waals surface area (Å²) in [5, 5.41) is 0. The maximum absolute atomic E-state index is 13.7. The molecule has 0 atom stereocenters.